The number of aryl methyl sites for hydroxylation is 2. The lowest BCUT2D eigenvalue weighted by Crippen LogP contribution is -2.33. The normalized spacial score (nSPS) is 27.8. The summed E-state index contributed by atoms with van der Waals surface area (Å²) in [6.07, 6.45) is 5.54. The molecule has 1 aliphatic carbocycles. The van der Waals surface area contributed by atoms with Crippen molar-refractivity contribution in [2.24, 2.45) is 11.8 Å². The number of rotatable bonds is 3. The van der Waals surface area contributed by atoms with Crippen molar-refractivity contribution in [2.75, 3.05) is 0 Å². The second kappa shape index (κ2) is 5.66. The minimum absolute atomic E-state index is 0.588. The molecule has 0 saturated heterocycles. The molecule has 0 aliphatic heterocycles. The van der Waals surface area contributed by atoms with Crippen LogP contribution in [0.25, 0.3) is 0 Å². The van der Waals surface area contributed by atoms with Crippen molar-refractivity contribution < 1.29 is 5.11 Å². The van der Waals surface area contributed by atoms with Gasteiger partial charge >= 0.3 is 0 Å². The molecule has 106 valence electrons. The maximum absolute atomic E-state index is 11.1. The van der Waals surface area contributed by atoms with E-state index in [0.29, 0.717) is 5.92 Å². The van der Waals surface area contributed by atoms with Crippen molar-refractivity contribution in [1.29, 1.82) is 0 Å². The standard InChI is InChI=1S/C18H28O/c1-13(2)10-16-6-5-9-18(19,12-16)17-8-7-14(3)11-15(17)4/h7-8,11,13,16,19H,5-6,9-10,12H2,1-4H3. The topological polar surface area (TPSA) is 20.2 Å². The van der Waals surface area contributed by atoms with E-state index < -0.39 is 5.60 Å². The Morgan fingerprint density at radius 1 is 1.32 bits per heavy atom. The van der Waals surface area contributed by atoms with Crippen LogP contribution in [0.3, 0.4) is 0 Å². The third-order valence-corrected chi connectivity index (χ3v) is 4.52. The van der Waals surface area contributed by atoms with Crippen molar-refractivity contribution >= 4 is 0 Å². The predicted molar refractivity (Wildman–Crippen MR) is 81.2 cm³/mol. The van der Waals surface area contributed by atoms with E-state index in [1.165, 1.54) is 24.0 Å². The Kier molecular flexibility index (Phi) is 4.35. The molecule has 1 aromatic carbocycles. The SMILES string of the molecule is Cc1ccc(C2(O)CCCC(CC(C)C)C2)c(C)c1. The van der Waals surface area contributed by atoms with Crippen LogP contribution in [0.4, 0.5) is 0 Å². The van der Waals surface area contributed by atoms with Crippen molar-refractivity contribution in [2.45, 2.75) is 65.4 Å². The smallest absolute Gasteiger partial charge is 0.0901 e. The van der Waals surface area contributed by atoms with Gasteiger partial charge in [0.05, 0.1) is 5.60 Å². The summed E-state index contributed by atoms with van der Waals surface area (Å²) in [4.78, 5) is 0. The number of benzene rings is 1. The molecule has 1 fully saturated rings. The molecular weight excluding hydrogens is 232 g/mol. The van der Waals surface area contributed by atoms with Crippen LogP contribution in [0.1, 0.15) is 62.6 Å². The lowest BCUT2D eigenvalue weighted by molar-refractivity contribution is -0.0249. The molecule has 2 rings (SSSR count). The van der Waals surface area contributed by atoms with Gasteiger partial charge in [-0.3, -0.25) is 0 Å². The molecule has 19 heavy (non-hydrogen) atoms. The summed E-state index contributed by atoms with van der Waals surface area (Å²) in [6, 6.07) is 6.47. The Labute approximate surface area is 118 Å². The van der Waals surface area contributed by atoms with Gasteiger partial charge in [0.1, 0.15) is 0 Å². The molecule has 1 saturated carbocycles. The maximum Gasteiger partial charge on any atom is 0.0901 e. The van der Waals surface area contributed by atoms with Gasteiger partial charge in [0.25, 0.3) is 0 Å². The first kappa shape index (κ1) is 14.6. The zero-order valence-corrected chi connectivity index (χ0v) is 12.9. The minimum Gasteiger partial charge on any atom is -0.385 e. The number of hydrogen-bond acceptors (Lipinski definition) is 1. The fraction of sp³-hybridized carbons (Fsp3) is 0.667. The minimum atomic E-state index is -0.588. The van der Waals surface area contributed by atoms with E-state index in [-0.39, 0.29) is 0 Å². The van der Waals surface area contributed by atoms with Crippen LogP contribution >= 0.6 is 0 Å². The number of hydrogen-bond donors (Lipinski definition) is 1. The van der Waals surface area contributed by atoms with Crippen LogP contribution in [0, 0.1) is 25.7 Å². The zero-order chi connectivity index (χ0) is 14.0. The summed E-state index contributed by atoms with van der Waals surface area (Å²) in [5.74, 6) is 1.41. The molecule has 1 nitrogen and oxygen atoms in total. The summed E-state index contributed by atoms with van der Waals surface area (Å²) in [5, 5.41) is 11.1. The largest absolute Gasteiger partial charge is 0.385 e. The van der Waals surface area contributed by atoms with Gasteiger partial charge in [-0.15, -0.1) is 0 Å². The molecular formula is C18H28O. The first-order valence-corrected chi connectivity index (χ1v) is 7.71. The van der Waals surface area contributed by atoms with Crippen molar-refractivity contribution in [3.05, 3.63) is 34.9 Å². The Hall–Kier alpha value is -0.820. The molecule has 0 bridgehead atoms. The third-order valence-electron chi connectivity index (χ3n) is 4.52. The van der Waals surface area contributed by atoms with Gasteiger partial charge in [-0.05, 0) is 62.5 Å². The van der Waals surface area contributed by atoms with E-state index >= 15 is 0 Å². The van der Waals surface area contributed by atoms with Crippen LogP contribution in [0.5, 0.6) is 0 Å². The third kappa shape index (κ3) is 3.39. The van der Waals surface area contributed by atoms with E-state index in [1.54, 1.807) is 0 Å². The molecule has 0 heterocycles. The summed E-state index contributed by atoms with van der Waals surface area (Å²) in [6.45, 7) is 8.81. The molecule has 0 amide bonds. The fourth-order valence-corrected chi connectivity index (χ4v) is 3.81. The Bertz CT molecular complexity index is 435. The van der Waals surface area contributed by atoms with Crippen molar-refractivity contribution in [1.82, 2.24) is 0 Å². The first-order chi connectivity index (χ1) is 8.90. The average Bonchev–Trinajstić information content (AvgIpc) is 2.27. The van der Waals surface area contributed by atoms with Crippen molar-refractivity contribution in [3.8, 4) is 0 Å². The molecule has 2 unspecified atom stereocenters. The van der Waals surface area contributed by atoms with Gasteiger partial charge in [0.2, 0.25) is 0 Å². The summed E-state index contributed by atoms with van der Waals surface area (Å²) >= 11 is 0. The second-order valence-electron chi connectivity index (χ2n) is 6.94. The highest BCUT2D eigenvalue weighted by molar-refractivity contribution is 5.35. The molecule has 0 spiro atoms. The van der Waals surface area contributed by atoms with Crippen LogP contribution in [0.2, 0.25) is 0 Å². The Morgan fingerprint density at radius 2 is 2.05 bits per heavy atom. The number of aliphatic hydroxyl groups is 1. The Balaban J connectivity index is 2.21. The average molecular weight is 260 g/mol. The van der Waals surface area contributed by atoms with Gasteiger partial charge in [0, 0.05) is 0 Å². The molecule has 0 radical (unpaired) electrons. The van der Waals surface area contributed by atoms with E-state index in [2.05, 4.69) is 45.9 Å². The molecule has 1 N–H and O–H groups in total. The second-order valence-corrected chi connectivity index (χ2v) is 6.94. The quantitative estimate of drug-likeness (QED) is 0.833. The van der Waals surface area contributed by atoms with Gasteiger partial charge < -0.3 is 5.11 Å². The summed E-state index contributed by atoms with van der Waals surface area (Å²) in [5.41, 5.74) is 3.09. The van der Waals surface area contributed by atoms with Crippen LogP contribution in [-0.4, -0.2) is 5.11 Å². The van der Waals surface area contributed by atoms with E-state index in [0.717, 1.165) is 30.7 Å². The summed E-state index contributed by atoms with van der Waals surface area (Å²) < 4.78 is 0. The predicted octanol–water partition coefficient (Wildman–Crippen LogP) is 4.73. The monoisotopic (exact) mass is 260 g/mol. The maximum atomic E-state index is 11.1. The highest BCUT2D eigenvalue weighted by Crippen LogP contribution is 2.43. The highest BCUT2D eigenvalue weighted by atomic mass is 16.3. The summed E-state index contributed by atoms with van der Waals surface area (Å²) in [7, 11) is 0. The molecule has 1 heteroatoms. The van der Waals surface area contributed by atoms with Crippen molar-refractivity contribution in [3.63, 3.8) is 0 Å². The molecule has 2 atom stereocenters. The van der Waals surface area contributed by atoms with Gasteiger partial charge in [-0.25, -0.2) is 0 Å². The fourth-order valence-electron chi connectivity index (χ4n) is 3.81. The Morgan fingerprint density at radius 3 is 2.68 bits per heavy atom. The van der Waals surface area contributed by atoms with Gasteiger partial charge in [-0.1, -0.05) is 44.0 Å². The molecule has 1 aromatic rings. The highest BCUT2D eigenvalue weighted by Gasteiger charge is 2.36. The van der Waals surface area contributed by atoms with Crippen LogP contribution in [-0.2, 0) is 5.60 Å². The van der Waals surface area contributed by atoms with E-state index in [1.807, 2.05) is 0 Å². The lowest BCUT2D eigenvalue weighted by atomic mass is 9.71. The van der Waals surface area contributed by atoms with Crippen LogP contribution < -0.4 is 0 Å². The lowest BCUT2D eigenvalue weighted by Gasteiger charge is -2.39. The first-order valence-electron chi connectivity index (χ1n) is 7.71. The zero-order valence-electron chi connectivity index (χ0n) is 12.9. The van der Waals surface area contributed by atoms with E-state index in [4.69, 9.17) is 0 Å². The van der Waals surface area contributed by atoms with E-state index in [9.17, 15) is 5.11 Å². The van der Waals surface area contributed by atoms with Gasteiger partial charge in [-0.2, -0.15) is 0 Å². The molecule has 1 aliphatic rings. The molecule has 0 aromatic heterocycles. The van der Waals surface area contributed by atoms with Gasteiger partial charge in [0.15, 0.2) is 0 Å². The van der Waals surface area contributed by atoms with Crippen LogP contribution in [0.15, 0.2) is 18.2 Å².